The molecule has 0 saturated carbocycles. The molecule has 0 fully saturated rings. The Kier molecular flexibility index (Phi) is 2.88. The summed E-state index contributed by atoms with van der Waals surface area (Å²) in [6, 6.07) is 7.61. The van der Waals surface area contributed by atoms with Gasteiger partial charge >= 0.3 is 5.97 Å². The number of benzene rings is 1. The molecule has 0 saturated heterocycles. The van der Waals surface area contributed by atoms with Crippen LogP contribution in [-0.4, -0.2) is 17.1 Å². The van der Waals surface area contributed by atoms with Crippen LogP contribution >= 0.6 is 11.6 Å². The zero-order valence-electron chi connectivity index (χ0n) is 9.16. The first-order valence-corrected chi connectivity index (χ1v) is 5.44. The fourth-order valence-corrected chi connectivity index (χ4v) is 2.14. The second-order valence-corrected chi connectivity index (χ2v) is 3.84. The topological polar surface area (TPSA) is 31.2 Å². The molecular formula is C12H12ClNO2. The van der Waals surface area contributed by atoms with Crippen molar-refractivity contribution in [2.45, 2.75) is 6.92 Å². The average Bonchev–Trinajstić information content (AvgIpc) is 2.53. The summed E-state index contributed by atoms with van der Waals surface area (Å²) >= 11 is 6.17. The largest absolute Gasteiger partial charge is 0.461 e. The minimum absolute atomic E-state index is 0.344. The maximum absolute atomic E-state index is 11.7. The third-order valence-electron chi connectivity index (χ3n) is 2.51. The number of halogens is 1. The van der Waals surface area contributed by atoms with Crippen LogP contribution in [0.1, 0.15) is 17.4 Å². The number of esters is 1. The number of hydrogen-bond donors (Lipinski definition) is 0. The molecule has 2 aromatic rings. The van der Waals surface area contributed by atoms with Gasteiger partial charge < -0.3 is 9.30 Å². The summed E-state index contributed by atoms with van der Waals surface area (Å²) in [5, 5.41) is 1.33. The van der Waals surface area contributed by atoms with Crippen LogP contribution in [0, 0.1) is 0 Å². The molecule has 84 valence electrons. The zero-order valence-corrected chi connectivity index (χ0v) is 9.91. The van der Waals surface area contributed by atoms with Gasteiger partial charge in [0.2, 0.25) is 0 Å². The van der Waals surface area contributed by atoms with Crippen molar-refractivity contribution in [3.8, 4) is 0 Å². The number of para-hydroxylation sites is 1. The predicted octanol–water partition coefficient (Wildman–Crippen LogP) is 3.01. The molecule has 0 spiro atoms. The second kappa shape index (κ2) is 4.18. The summed E-state index contributed by atoms with van der Waals surface area (Å²) in [6.07, 6.45) is 0. The van der Waals surface area contributed by atoms with E-state index in [-0.39, 0.29) is 5.97 Å². The van der Waals surface area contributed by atoms with Crippen LogP contribution in [0.15, 0.2) is 24.3 Å². The number of carbonyl (C=O) groups is 1. The fraction of sp³-hybridized carbons (Fsp3) is 0.250. The van der Waals surface area contributed by atoms with Gasteiger partial charge in [-0.25, -0.2) is 4.79 Å². The lowest BCUT2D eigenvalue weighted by Gasteiger charge is -2.03. The van der Waals surface area contributed by atoms with Crippen molar-refractivity contribution in [1.29, 1.82) is 0 Å². The van der Waals surface area contributed by atoms with Gasteiger partial charge in [0.1, 0.15) is 5.69 Å². The van der Waals surface area contributed by atoms with Crippen molar-refractivity contribution in [2.75, 3.05) is 6.61 Å². The van der Waals surface area contributed by atoms with E-state index in [1.165, 1.54) is 0 Å². The minimum atomic E-state index is -0.383. The van der Waals surface area contributed by atoms with E-state index in [0.717, 1.165) is 10.9 Å². The van der Waals surface area contributed by atoms with E-state index in [9.17, 15) is 4.79 Å². The van der Waals surface area contributed by atoms with Gasteiger partial charge in [-0.3, -0.25) is 0 Å². The smallest absolute Gasteiger partial charge is 0.356 e. The Morgan fingerprint density at radius 2 is 2.12 bits per heavy atom. The van der Waals surface area contributed by atoms with Crippen LogP contribution in [0.2, 0.25) is 5.02 Å². The van der Waals surface area contributed by atoms with E-state index in [4.69, 9.17) is 16.3 Å². The first-order chi connectivity index (χ1) is 7.66. The van der Waals surface area contributed by atoms with Crippen LogP contribution in [0.25, 0.3) is 10.9 Å². The first-order valence-electron chi connectivity index (χ1n) is 5.06. The molecule has 0 aliphatic heterocycles. The molecular weight excluding hydrogens is 226 g/mol. The Balaban J connectivity index is 2.66. The van der Waals surface area contributed by atoms with Gasteiger partial charge in [0, 0.05) is 18.0 Å². The molecule has 1 heterocycles. The first kappa shape index (κ1) is 11.0. The second-order valence-electron chi connectivity index (χ2n) is 3.46. The van der Waals surface area contributed by atoms with Crippen LogP contribution in [0.3, 0.4) is 0 Å². The van der Waals surface area contributed by atoms with Gasteiger partial charge in [-0.15, -0.1) is 0 Å². The highest BCUT2D eigenvalue weighted by molar-refractivity contribution is 6.38. The third kappa shape index (κ3) is 1.57. The normalized spacial score (nSPS) is 10.7. The molecule has 0 radical (unpaired) electrons. The molecule has 0 aliphatic carbocycles. The maximum atomic E-state index is 11.7. The predicted molar refractivity (Wildman–Crippen MR) is 63.9 cm³/mol. The Hall–Kier alpha value is -1.48. The number of rotatable bonds is 2. The van der Waals surface area contributed by atoms with Gasteiger partial charge in [-0.05, 0) is 13.0 Å². The SMILES string of the molecule is CCOC(=O)c1c(Cl)c2ccccc2n1C. The molecule has 1 aromatic carbocycles. The summed E-state index contributed by atoms with van der Waals surface area (Å²) in [5.74, 6) is -0.383. The summed E-state index contributed by atoms with van der Waals surface area (Å²) in [6.45, 7) is 2.12. The lowest BCUT2D eigenvalue weighted by atomic mass is 10.2. The molecule has 0 bridgehead atoms. The van der Waals surface area contributed by atoms with Crippen LogP contribution in [-0.2, 0) is 11.8 Å². The molecule has 3 nitrogen and oxygen atoms in total. The quantitative estimate of drug-likeness (QED) is 0.752. The highest BCUT2D eigenvalue weighted by Gasteiger charge is 2.20. The Morgan fingerprint density at radius 3 is 2.75 bits per heavy atom. The van der Waals surface area contributed by atoms with Crippen molar-refractivity contribution >= 4 is 28.5 Å². The number of nitrogens with zero attached hydrogens (tertiary/aromatic N) is 1. The van der Waals surface area contributed by atoms with Crippen molar-refractivity contribution in [3.05, 3.63) is 35.0 Å². The van der Waals surface area contributed by atoms with E-state index in [1.807, 2.05) is 24.3 Å². The fourth-order valence-electron chi connectivity index (χ4n) is 1.77. The summed E-state index contributed by atoms with van der Waals surface area (Å²) in [4.78, 5) is 11.7. The number of fused-ring (bicyclic) bond motifs is 1. The summed E-state index contributed by atoms with van der Waals surface area (Å²) in [5.41, 5.74) is 1.33. The number of aromatic nitrogens is 1. The third-order valence-corrected chi connectivity index (χ3v) is 2.90. The molecule has 0 N–H and O–H groups in total. The van der Waals surface area contributed by atoms with E-state index < -0.39 is 0 Å². The van der Waals surface area contributed by atoms with Gasteiger partial charge in [-0.2, -0.15) is 0 Å². The minimum Gasteiger partial charge on any atom is -0.461 e. The molecule has 0 atom stereocenters. The molecule has 2 rings (SSSR count). The van der Waals surface area contributed by atoms with Crippen molar-refractivity contribution in [1.82, 2.24) is 4.57 Å². The summed E-state index contributed by atoms with van der Waals surface area (Å²) < 4.78 is 6.73. The van der Waals surface area contributed by atoms with Gasteiger partial charge in [0.25, 0.3) is 0 Å². The van der Waals surface area contributed by atoms with E-state index in [0.29, 0.717) is 17.3 Å². The lowest BCUT2D eigenvalue weighted by molar-refractivity contribution is 0.0516. The average molecular weight is 238 g/mol. The van der Waals surface area contributed by atoms with Gasteiger partial charge in [0.15, 0.2) is 0 Å². The lowest BCUT2D eigenvalue weighted by Crippen LogP contribution is -2.10. The molecule has 16 heavy (non-hydrogen) atoms. The number of carbonyl (C=O) groups excluding carboxylic acids is 1. The van der Waals surface area contributed by atoms with Gasteiger partial charge in [-0.1, -0.05) is 29.8 Å². The molecule has 0 aliphatic rings. The van der Waals surface area contributed by atoms with Crippen molar-refractivity contribution < 1.29 is 9.53 Å². The number of hydrogen-bond acceptors (Lipinski definition) is 2. The standard InChI is InChI=1S/C12H12ClNO2/c1-3-16-12(15)11-10(13)8-6-4-5-7-9(8)14(11)2/h4-7H,3H2,1-2H3. The molecule has 0 amide bonds. The van der Waals surface area contributed by atoms with Crippen LogP contribution < -0.4 is 0 Å². The Bertz CT molecular complexity index is 506. The van der Waals surface area contributed by atoms with Crippen molar-refractivity contribution in [2.24, 2.45) is 7.05 Å². The molecule has 4 heteroatoms. The van der Waals surface area contributed by atoms with E-state index in [2.05, 4.69) is 0 Å². The van der Waals surface area contributed by atoms with E-state index in [1.54, 1.807) is 18.5 Å². The molecule has 0 unspecified atom stereocenters. The van der Waals surface area contributed by atoms with Crippen LogP contribution in [0.5, 0.6) is 0 Å². The number of ether oxygens (including phenoxy) is 1. The van der Waals surface area contributed by atoms with Gasteiger partial charge in [0.05, 0.1) is 11.6 Å². The monoisotopic (exact) mass is 237 g/mol. The zero-order chi connectivity index (χ0) is 11.7. The highest BCUT2D eigenvalue weighted by atomic mass is 35.5. The highest BCUT2D eigenvalue weighted by Crippen LogP contribution is 2.30. The summed E-state index contributed by atoms with van der Waals surface area (Å²) in [7, 11) is 1.81. The number of aryl methyl sites for hydroxylation is 1. The maximum Gasteiger partial charge on any atom is 0.356 e. The van der Waals surface area contributed by atoms with Crippen molar-refractivity contribution in [3.63, 3.8) is 0 Å². The van der Waals surface area contributed by atoms with E-state index >= 15 is 0 Å². The molecule has 1 aromatic heterocycles. The van der Waals surface area contributed by atoms with Crippen LogP contribution in [0.4, 0.5) is 0 Å². The Labute approximate surface area is 98.6 Å². The Morgan fingerprint density at radius 1 is 1.44 bits per heavy atom.